The van der Waals surface area contributed by atoms with Crippen LogP contribution in [-0.2, 0) is 0 Å². The monoisotopic (exact) mass is 199 g/mol. The first-order chi connectivity index (χ1) is 6.19. The van der Waals surface area contributed by atoms with E-state index < -0.39 is 0 Å². The van der Waals surface area contributed by atoms with Gasteiger partial charge in [0.05, 0.1) is 12.6 Å². The normalized spacial score (nSPS) is 12.9. The van der Waals surface area contributed by atoms with E-state index in [1.165, 1.54) is 0 Å². The maximum Gasteiger partial charge on any atom is 0.0626 e. The van der Waals surface area contributed by atoms with Crippen LogP contribution >= 0.6 is 11.6 Å². The smallest absolute Gasteiger partial charge is 0.0626 e. The molecular formula is C10H14ClNO. The van der Waals surface area contributed by atoms with Crippen LogP contribution in [0.5, 0.6) is 0 Å². The summed E-state index contributed by atoms with van der Waals surface area (Å²) in [6.07, 6.45) is 0. The molecule has 0 aliphatic heterocycles. The highest BCUT2D eigenvalue weighted by molar-refractivity contribution is 6.31. The van der Waals surface area contributed by atoms with E-state index in [2.05, 4.69) is 5.32 Å². The van der Waals surface area contributed by atoms with E-state index in [4.69, 9.17) is 16.7 Å². The Morgan fingerprint density at radius 1 is 1.54 bits per heavy atom. The molecule has 1 atom stereocenters. The fourth-order valence-corrected chi connectivity index (χ4v) is 1.37. The Kier molecular flexibility index (Phi) is 3.72. The molecule has 1 aromatic rings. The van der Waals surface area contributed by atoms with E-state index in [-0.39, 0.29) is 12.6 Å². The van der Waals surface area contributed by atoms with Gasteiger partial charge in [-0.2, -0.15) is 0 Å². The lowest BCUT2D eigenvalue weighted by Gasteiger charge is -2.14. The molecule has 0 aliphatic rings. The Bertz CT molecular complexity index is 284. The number of hydrogen-bond acceptors (Lipinski definition) is 2. The molecule has 13 heavy (non-hydrogen) atoms. The molecule has 0 amide bonds. The fraction of sp³-hybridized carbons (Fsp3) is 0.400. The maximum absolute atomic E-state index is 9.04. The fourth-order valence-electron chi connectivity index (χ4n) is 1.25. The van der Waals surface area contributed by atoms with Gasteiger partial charge in [-0.3, -0.25) is 0 Å². The minimum Gasteiger partial charge on any atom is -0.394 e. The minimum atomic E-state index is -0.00373. The lowest BCUT2D eigenvalue weighted by atomic mass is 10.1. The number of nitrogens with one attached hydrogen (secondary N) is 1. The first-order valence-electron chi connectivity index (χ1n) is 4.23. The summed E-state index contributed by atoms with van der Waals surface area (Å²) in [6.45, 7) is 2.05. The van der Waals surface area contributed by atoms with E-state index >= 15 is 0 Å². The van der Waals surface area contributed by atoms with Crippen LogP contribution in [0.3, 0.4) is 0 Å². The molecule has 72 valence electrons. The lowest BCUT2D eigenvalue weighted by molar-refractivity contribution is 0.251. The van der Waals surface area contributed by atoms with Gasteiger partial charge in [0.2, 0.25) is 0 Å². The van der Waals surface area contributed by atoms with Crippen LogP contribution in [0.25, 0.3) is 0 Å². The molecule has 0 radical (unpaired) electrons. The van der Waals surface area contributed by atoms with Gasteiger partial charge < -0.3 is 10.4 Å². The zero-order chi connectivity index (χ0) is 9.84. The Labute approximate surface area is 83.5 Å². The van der Waals surface area contributed by atoms with Crippen LogP contribution in [0.4, 0.5) is 0 Å². The summed E-state index contributed by atoms with van der Waals surface area (Å²) >= 11 is 5.89. The lowest BCUT2D eigenvalue weighted by Crippen LogP contribution is -2.19. The van der Waals surface area contributed by atoms with Crippen LogP contribution in [0.2, 0.25) is 5.02 Å². The minimum absolute atomic E-state index is 0.00373. The predicted molar refractivity (Wildman–Crippen MR) is 55.1 cm³/mol. The summed E-state index contributed by atoms with van der Waals surface area (Å²) in [7, 11) is 1.82. The number of aryl methyl sites for hydroxylation is 1. The molecule has 0 heterocycles. The van der Waals surface area contributed by atoms with Crippen molar-refractivity contribution in [2.24, 2.45) is 0 Å². The van der Waals surface area contributed by atoms with E-state index in [1.807, 2.05) is 32.2 Å². The highest BCUT2D eigenvalue weighted by Gasteiger charge is 2.07. The standard InChI is InChI=1S/C10H14ClNO/c1-7-5-8(3-4-9(7)11)10(6-13)12-2/h3-5,10,12-13H,6H2,1-2H3/t10-/m0/s1. The summed E-state index contributed by atoms with van der Waals surface area (Å²) in [5, 5.41) is 12.8. The van der Waals surface area contributed by atoms with Gasteiger partial charge in [0.15, 0.2) is 0 Å². The molecule has 0 spiro atoms. The quantitative estimate of drug-likeness (QED) is 0.780. The number of benzene rings is 1. The molecule has 0 saturated carbocycles. The van der Waals surface area contributed by atoms with E-state index in [0.29, 0.717) is 0 Å². The molecule has 1 rings (SSSR count). The van der Waals surface area contributed by atoms with Gasteiger partial charge in [0, 0.05) is 5.02 Å². The van der Waals surface area contributed by atoms with Crippen molar-refractivity contribution in [3.63, 3.8) is 0 Å². The van der Waals surface area contributed by atoms with Crippen LogP contribution in [0, 0.1) is 6.92 Å². The molecule has 1 aromatic carbocycles. The zero-order valence-electron chi connectivity index (χ0n) is 7.84. The summed E-state index contributed by atoms with van der Waals surface area (Å²) in [5.41, 5.74) is 2.10. The largest absolute Gasteiger partial charge is 0.394 e. The number of hydrogen-bond donors (Lipinski definition) is 2. The topological polar surface area (TPSA) is 32.3 Å². The Morgan fingerprint density at radius 3 is 2.69 bits per heavy atom. The van der Waals surface area contributed by atoms with Gasteiger partial charge in [-0.15, -0.1) is 0 Å². The zero-order valence-corrected chi connectivity index (χ0v) is 8.60. The van der Waals surface area contributed by atoms with Crippen molar-refractivity contribution in [2.45, 2.75) is 13.0 Å². The van der Waals surface area contributed by atoms with Gasteiger partial charge in [0.1, 0.15) is 0 Å². The molecule has 0 fully saturated rings. The van der Waals surface area contributed by atoms with Gasteiger partial charge in [-0.1, -0.05) is 23.7 Å². The van der Waals surface area contributed by atoms with Gasteiger partial charge in [0.25, 0.3) is 0 Å². The molecule has 0 unspecified atom stereocenters. The molecule has 3 heteroatoms. The van der Waals surface area contributed by atoms with Gasteiger partial charge >= 0.3 is 0 Å². The number of aliphatic hydroxyl groups is 1. The van der Waals surface area contributed by atoms with Crippen molar-refractivity contribution in [2.75, 3.05) is 13.7 Å². The molecule has 0 aliphatic carbocycles. The molecule has 2 nitrogen and oxygen atoms in total. The van der Waals surface area contributed by atoms with E-state index in [0.717, 1.165) is 16.1 Å². The summed E-state index contributed by atoms with van der Waals surface area (Å²) in [6, 6.07) is 5.76. The molecule has 2 N–H and O–H groups in total. The summed E-state index contributed by atoms with van der Waals surface area (Å²) in [5.74, 6) is 0. The average Bonchev–Trinajstić information content (AvgIpc) is 2.13. The molecule has 0 aromatic heterocycles. The Balaban J connectivity index is 2.95. The van der Waals surface area contributed by atoms with Crippen LogP contribution in [-0.4, -0.2) is 18.8 Å². The maximum atomic E-state index is 9.04. The SMILES string of the molecule is CN[C@@H](CO)c1ccc(Cl)c(C)c1. The van der Waals surface area contributed by atoms with Crippen molar-refractivity contribution >= 4 is 11.6 Å². The van der Waals surface area contributed by atoms with Crippen LogP contribution in [0.15, 0.2) is 18.2 Å². The Morgan fingerprint density at radius 2 is 2.23 bits per heavy atom. The van der Waals surface area contributed by atoms with Crippen LogP contribution < -0.4 is 5.32 Å². The number of halogens is 1. The highest BCUT2D eigenvalue weighted by Crippen LogP contribution is 2.20. The second-order valence-corrected chi connectivity index (χ2v) is 3.44. The van der Waals surface area contributed by atoms with Gasteiger partial charge in [-0.25, -0.2) is 0 Å². The third-order valence-corrected chi connectivity index (χ3v) is 2.54. The van der Waals surface area contributed by atoms with Crippen molar-refractivity contribution in [1.82, 2.24) is 5.32 Å². The highest BCUT2D eigenvalue weighted by atomic mass is 35.5. The molecule has 0 bridgehead atoms. The molecular weight excluding hydrogens is 186 g/mol. The number of aliphatic hydroxyl groups excluding tert-OH is 1. The van der Waals surface area contributed by atoms with Crippen LogP contribution in [0.1, 0.15) is 17.2 Å². The van der Waals surface area contributed by atoms with E-state index in [1.54, 1.807) is 0 Å². The second kappa shape index (κ2) is 4.61. The van der Waals surface area contributed by atoms with Gasteiger partial charge in [-0.05, 0) is 31.2 Å². The predicted octanol–water partition coefficient (Wildman–Crippen LogP) is 1.90. The third-order valence-electron chi connectivity index (χ3n) is 2.12. The Hall–Kier alpha value is -0.570. The first-order valence-corrected chi connectivity index (χ1v) is 4.61. The van der Waals surface area contributed by atoms with E-state index in [9.17, 15) is 0 Å². The number of likely N-dealkylation sites (N-methyl/N-ethyl adjacent to an activating group) is 1. The second-order valence-electron chi connectivity index (χ2n) is 3.03. The average molecular weight is 200 g/mol. The van der Waals surface area contributed by atoms with Crippen molar-refractivity contribution in [1.29, 1.82) is 0 Å². The summed E-state index contributed by atoms with van der Waals surface area (Å²) < 4.78 is 0. The summed E-state index contributed by atoms with van der Waals surface area (Å²) in [4.78, 5) is 0. The van der Waals surface area contributed by atoms with Crippen molar-refractivity contribution in [3.05, 3.63) is 34.3 Å². The number of rotatable bonds is 3. The van der Waals surface area contributed by atoms with Crippen molar-refractivity contribution in [3.8, 4) is 0 Å². The third kappa shape index (κ3) is 2.44. The first kappa shape index (κ1) is 10.5. The van der Waals surface area contributed by atoms with Crippen molar-refractivity contribution < 1.29 is 5.11 Å². The molecule has 0 saturated heterocycles.